The predicted octanol–water partition coefficient (Wildman–Crippen LogP) is 13.3. The van der Waals surface area contributed by atoms with Crippen molar-refractivity contribution in [3.63, 3.8) is 0 Å². The normalized spacial score (nSPS) is 13.0. The van der Waals surface area contributed by atoms with Gasteiger partial charge in [-0.1, -0.05) is 206 Å². The van der Waals surface area contributed by atoms with Gasteiger partial charge in [0.1, 0.15) is 0 Å². The second-order valence-corrected chi connectivity index (χ2v) is 17.5. The third kappa shape index (κ3) is 45.5. The van der Waals surface area contributed by atoms with E-state index in [-0.39, 0.29) is 30.2 Å². The Morgan fingerprint density at radius 3 is 0.983 bits per heavy atom. The lowest BCUT2D eigenvalue weighted by Crippen LogP contribution is -2.43. The molecule has 0 saturated heterocycles. The summed E-state index contributed by atoms with van der Waals surface area (Å²) in [7, 11) is 0. The second-order valence-electron chi connectivity index (χ2n) is 17.5. The Morgan fingerprint density at radius 2 is 0.655 bits per heavy atom. The van der Waals surface area contributed by atoms with Gasteiger partial charge in [0.05, 0.1) is 51.2 Å². The zero-order valence-electron chi connectivity index (χ0n) is 39.4. The van der Waals surface area contributed by atoms with E-state index in [1.165, 1.54) is 193 Å². The molecule has 0 aromatic rings. The number of carbonyl (C=O) groups is 2. The molecule has 0 aromatic carbocycles. The molecule has 0 heterocycles. The average molecular weight is 825 g/mol. The van der Waals surface area contributed by atoms with Crippen LogP contribution >= 0.6 is 0 Å². The molecule has 0 aliphatic carbocycles. The van der Waals surface area contributed by atoms with E-state index in [4.69, 9.17) is 14.2 Å². The summed E-state index contributed by atoms with van der Waals surface area (Å²) < 4.78 is 17.3. The number of unbranched alkanes of at least 4 members (excludes halogenated alkanes) is 30. The Bertz CT molecular complexity index is 850. The minimum Gasteiger partial charge on any atom is -0.377 e. The molecule has 0 fully saturated rings. The van der Waals surface area contributed by atoms with E-state index in [1.807, 2.05) is 20.8 Å². The van der Waals surface area contributed by atoms with Gasteiger partial charge in [-0.3, -0.25) is 0 Å². The lowest BCUT2D eigenvalue weighted by Gasteiger charge is -2.19. The molecule has 58 heavy (non-hydrogen) atoms. The summed E-state index contributed by atoms with van der Waals surface area (Å²) in [6, 6.07) is -0.421. The fourth-order valence-corrected chi connectivity index (χ4v) is 7.37. The number of hydrogen-bond acceptors (Lipinski definition) is 5. The Labute approximate surface area is 360 Å². The zero-order valence-corrected chi connectivity index (χ0v) is 39.4. The number of carbonyl (C=O) groups excluding carboxylic acids is 2. The van der Waals surface area contributed by atoms with Crippen molar-refractivity contribution in [3.05, 3.63) is 0 Å². The summed E-state index contributed by atoms with van der Waals surface area (Å²) in [4.78, 5) is 24.5. The highest BCUT2D eigenvalue weighted by Crippen LogP contribution is 2.15. The highest BCUT2D eigenvalue weighted by molar-refractivity contribution is 5.74. The molecule has 9 nitrogen and oxygen atoms in total. The fraction of sp³-hybridized carbons (Fsp3) is 0.959. The molecule has 0 rings (SSSR count). The SMILES string of the molecule is CCCCCCCCCCCCCCCCCCNC(=O)NC(C)COCCOCC(C)OCC(C)NC(=O)NCCCCCCCCCCCCCCCCCC. The molecular weight excluding hydrogens is 725 g/mol. The highest BCUT2D eigenvalue weighted by Gasteiger charge is 2.11. The number of rotatable bonds is 46. The van der Waals surface area contributed by atoms with E-state index in [0.717, 1.165) is 12.8 Å². The standard InChI is InChI=1S/C49H100N4O5/c1-6-8-10-12-14-16-18-20-22-24-26-28-30-32-34-36-38-50-48(54)52-45(3)42-56-40-41-57-44-47(5)58-43-46(4)53-49(55)51-39-37-35-33-31-29-27-25-23-21-19-17-15-13-11-9-7-2/h45-47H,6-44H2,1-5H3,(H2,50,52,54)(H2,51,53,55). The summed E-state index contributed by atoms with van der Waals surface area (Å²) in [5.41, 5.74) is 0. The molecule has 3 atom stereocenters. The Kier molecular flexibility index (Phi) is 45.2. The van der Waals surface area contributed by atoms with Gasteiger partial charge < -0.3 is 35.5 Å². The van der Waals surface area contributed by atoms with E-state index in [9.17, 15) is 9.59 Å². The van der Waals surface area contributed by atoms with Crippen LogP contribution < -0.4 is 21.3 Å². The smallest absolute Gasteiger partial charge is 0.315 e. The van der Waals surface area contributed by atoms with Crippen molar-refractivity contribution < 1.29 is 23.8 Å². The Morgan fingerprint density at radius 1 is 0.379 bits per heavy atom. The number of nitrogens with one attached hydrogen (secondary N) is 4. The van der Waals surface area contributed by atoms with Gasteiger partial charge >= 0.3 is 12.1 Å². The van der Waals surface area contributed by atoms with E-state index in [2.05, 4.69) is 35.1 Å². The van der Waals surface area contributed by atoms with E-state index >= 15 is 0 Å². The van der Waals surface area contributed by atoms with Crippen molar-refractivity contribution in [2.24, 2.45) is 0 Å². The lowest BCUT2D eigenvalue weighted by molar-refractivity contribution is -0.0281. The Balaban J connectivity index is 3.48. The van der Waals surface area contributed by atoms with E-state index in [0.29, 0.717) is 46.1 Å². The number of ether oxygens (including phenoxy) is 3. The summed E-state index contributed by atoms with van der Waals surface area (Å²) in [5, 5.41) is 11.9. The monoisotopic (exact) mass is 825 g/mol. The quantitative estimate of drug-likeness (QED) is 0.0457. The van der Waals surface area contributed by atoms with Gasteiger partial charge in [-0.15, -0.1) is 0 Å². The van der Waals surface area contributed by atoms with Crippen LogP contribution in [0.4, 0.5) is 9.59 Å². The molecule has 0 spiro atoms. The molecule has 0 bridgehead atoms. The summed E-state index contributed by atoms with van der Waals surface area (Å²) >= 11 is 0. The topological polar surface area (TPSA) is 110 Å². The van der Waals surface area contributed by atoms with Crippen LogP contribution in [0.1, 0.15) is 240 Å². The van der Waals surface area contributed by atoms with Crippen LogP contribution in [-0.4, -0.2) is 76.4 Å². The molecule has 0 aromatic heterocycles. The minimum absolute atomic E-state index is 0.0758. The summed E-state index contributed by atoms with van der Waals surface area (Å²) in [6.07, 6.45) is 43.1. The molecule has 4 amide bonds. The van der Waals surface area contributed by atoms with Gasteiger partial charge in [-0.05, 0) is 33.6 Å². The van der Waals surface area contributed by atoms with Crippen molar-refractivity contribution in [2.45, 2.75) is 258 Å². The van der Waals surface area contributed by atoms with Crippen LogP contribution in [0.3, 0.4) is 0 Å². The van der Waals surface area contributed by atoms with Crippen molar-refractivity contribution in [1.29, 1.82) is 0 Å². The molecule has 0 saturated carbocycles. The Hall–Kier alpha value is -1.58. The molecular formula is C49H100N4O5. The van der Waals surface area contributed by atoms with Crippen molar-refractivity contribution >= 4 is 12.1 Å². The molecule has 0 radical (unpaired) electrons. The van der Waals surface area contributed by atoms with Crippen LogP contribution in [-0.2, 0) is 14.2 Å². The summed E-state index contributed by atoms with van der Waals surface area (Å²) in [5.74, 6) is 0. The number of urea groups is 2. The molecule has 346 valence electrons. The first-order valence-electron chi connectivity index (χ1n) is 25.2. The molecule has 9 heteroatoms. The van der Waals surface area contributed by atoms with Crippen molar-refractivity contribution in [1.82, 2.24) is 21.3 Å². The third-order valence-electron chi connectivity index (χ3n) is 11.1. The van der Waals surface area contributed by atoms with Crippen molar-refractivity contribution in [3.8, 4) is 0 Å². The maximum absolute atomic E-state index is 12.3. The molecule has 4 N–H and O–H groups in total. The van der Waals surface area contributed by atoms with Gasteiger partial charge in [-0.2, -0.15) is 0 Å². The van der Waals surface area contributed by atoms with Crippen molar-refractivity contribution in [2.75, 3.05) is 46.1 Å². The maximum atomic E-state index is 12.3. The van der Waals surface area contributed by atoms with Crippen LogP contribution in [0, 0.1) is 0 Å². The van der Waals surface area contributed by atoms with Gasteiger partial charge in [0.2, 0.25) is 0 Å². The third-order valence-corrected chi connectivity index (χ3v) is 11.1. The van der Waals surface area contributed by atoms with Crippen LogP contribution in [0.2, 0.25) is 0 Å². The summed E-state index contributed by atoms with van der Waals surface area (Å²) in [6.45, 7) is 14.1. The number of amides is 4. The van der Waals surface area contributed by atoms with Gasteiger partial charge in [0, 0.05) is 13.1 Å². The highest BCUT2D eigenvalue weighted by atomic mass is 16.5. The average Bonchev–Trinajstić information content (AvgIpc) is 3.20. The van der Waals surface area contributed by atoms with Gasteiger partial charge in [0.25, 0.3) is 0 Å². The largest absolute Gasteiger partial charge is 0.377 e. The molecule has 3 unspecified atom stereocenters. The number of hydrogen-bond donors (Lipinski definition) is 4. The first kappa shape index (κ1) is 56.4. The fourth-order valence-electron chi connectivity index (χ4n) is 7.37. The first-order valence-corrected chi connectivity index (χ1v) is 25.2. The van der Waals surface area contributed by atoms with Gasteiger partial charge in [-0.25, -0.2) is 9.59 Å². The molecule has 0 aliphatic heterocycles. The van der Waals surface area contributed by atoms with E-state index in [1.54, 1.807) is 0 Å². The minimum atomic E-state index is -0.130. The first-order chi connectivity index (χ1) is 28.4. The van der Waals surface area contributed by atoms with Gasteiger partial charge in [0.15, 0.2) is 0 Å². The molecule has 0 aliphatic rings. The second kappa shape index (κ2) is 46.5. The lowest BCUT2D eigenvalue weighted by atomic mass is 10.0. The van der Waals surface area contributed by atoms with Crippen LogP contribution in [0.5, 0.6) is 0 Å². The van der Waals surface area contributed by atoms with Crippen LogP contribution in [0.25, 0.3) is 0 Å². The van der Waals surface area contributed by atoms with Crippen LogP contribution in [0.15, 0.2) is 0 Å². The van der Waals surface area contributed by atoms with E-state index < -0.39 is 0 Å². The zero-order chi connectivity index (χ0) is 42.4. The predicted molar refractivity (Wildman–Crippen MR) is 248 cm³/mol. The maximum Gasteiger partial charge on any atom is 0.315 e.